The molecule has 1 aliphatic heterocycles. The Morgan fingerprint density at radius 3 is 2.33 bits per heavy atom. The number of nitrogens with zero attached hydrogens (tertiary/aromatic N) is 1. The van der Waals surface area contributed by atoms with Crippen molar-refractivity contribution in [2.45, 2.75) is 25.8 Å². The molecule has 0 aliphatic carbocycles. The third kappa shape index (κ3) is 2.99. The molecule has 0 unspecified atom stereocenters. The second-order valence-electron chi connectivity index (χ2n) is 3.11. The Morgan fingerprint density at radius 2 is 1.92 bits per heavy atom. The third-order valence-electron chi connectivity index (χ3n) is 2.35. The van der Waals surface area contributed by atoms with Crippen LogP contribution in [0.5, 0.6) is 0 Å². The van der Waals surface area contributed by atoms with E-state index in [0.29, 0.717) is 6.04 Å². The van der Waals surface area contributed by atoms with Crippen LogP contribution in [0, 0.1) is 0 Å². The summed E-state index contributed by atoms with van der Waals surface area (Å²) in [7, 11) is 1.89. The summed E-state index contributed by atoms with van der Waals surface area (Å²) in [6.07, 6.45) is 2.19. The number of carbonyl (C=O) groups excluding carboxylic acids is 1. The minimum absolute atomic E-state index is 0. The molecule has 0 bridgehead atoms. The topological polar surface area (TPSA) is 32.3 Å². The van der Waals surface area contributed by atoms with Gasteiger partial charge in [-0.3, -0.25) is 4.79 Å². The first-order valence-electron chi connectivity index (χ1n) is 4.16. The van der Waals surface area contributed by atoms with Crippen molar-refractivity contribution < 1.29 is 4.79 Å². The van der Waals surface area contributed by atoms with E-state index in [2.05, 4.69) is 5.32 Å². The summed E-state index contributed by atoms with van der Waals surface area (Å²) in [4.78, 5) is 12.8. The average Bonchev–Trinajstić information content (AvgIpc) is 2.05. The highest BCUT2D eigenvalue weighted by molar-refractivity contribution is 5.85. The van der Waals surface area contributed by atoms with Crippen LogP contribution in [0.2, 0.25) is 0 Å². The summed E-state index contributed by atoms with van der Waals surface area (Å²) >= 11 is 0. The van der Waals surface area contributed by atoms with E-state index in [0.717, 1.165) is 25.9 Å². The zero-order valence-corrected chi connectivity index (χ0v) is 8.49. The Hall–Kier alpha value is -0.280. The monoisotopic (exact) mass is 192 g/mol. The molecule has 72 valence electrons. The van der Waals surface area contributed by atoms with Crippen LogP contribution in [0.1, 0.15) is 19.8 Å². The van der Waals surface area contributed by atoms with E-state index in [4.69, 9.17) is 0 Å². The molecule has 1 fully saturated rings. The van der Waals surface area contributed by atoms with E-state index in [1.165, 1.54) is 0 Å². The van der Waals surface area contributed by atoms with Crippen LogP contribution in [-0.4, -0.2) is 37.0 Å². The lowest BCUT2D eigenvalue weighted by Gasteiger charge is -2.30. The molecule has 1 aliphatic rings. The summed E-state index contributed by atoms with van der Waals surface area (Å²) in [6.45, 7) is 3.71. The zero-order valence-electron chi connectivity index (χ0n) is 7.67. The lowest BCUT2D eigenvalue weighted by molar-refractivity contribution is -0.130. The molecule has 1 amide bonds. The third-order valence-corrected chi connectivity index (χ3v) is 2.35. The molecule has 0 saturated carbocycles. The highest BCUT2D eigenvalue weighted by Crippen LogP contribution is 2.09. The Bertz CT molecular complexity index is 146. The maximum absolute atomic E-state index is 10.9. The van der Waals surface area contributed by atoms with Crippen LogP contribution >= 0.6 is 12.4 Å². The molecule has 0 aromatic heterocycles. The van der Waals surface area contributed by atoms with Crippen LogP contribution in [0.4, 0.5) is 0 Å². The Morgan fingerprint density at radius 1 is 1.42 bits per heavy atom. The molecular weight excluding hydrogens is 176 g/mol. The van der Waals surface area contributed by atoms with Gasteiger partial charge >= 0.3 is 0 Å². The number of carbonyl (C=O) groups is 1. The van der Waals surface area contributed by atoms with E-state index in [1.54, 1.807) is 6.92 Å². The van der Waals surface area contributed by atoms with Crippen LogP contribution in [0.3, 0.4) is 0 Å². The minimum Gasteiger partial charge on any atom is -0.343 e. The number of rotatable bonds is 1. The molecule has 0 spiro atoms. The van der Waals surface area contributed by atoms with Gasteiger partial charge in [0.2, 0.25) is 5.91 Å². The summed E-state index contributed by atoms with van der Waals surface area (Å²) < 4.78 is 0. The summed E-state index contributed by atoms with van der Waals surface area (Å²) in [5.41, 5.74) is 0. The molecule has 1 rings (SSSR count). The summed E-state index contributed by atoms with van der Waals surface area (Å²) in [5.74, 6) is 0.178. The second-order valence-corrected chi connectivity index (χ2v) is 3.11. The van der Waals surface area contributed by atoms with Crippen molar-refractivity contribution in [3.63, 3.8) is 0 Å². The van der Waals surface area contributed by atoms with Gasteiger partial charge in [-0.05, 0) is 25.9 Å². The van der Waals surface area contributed by atoms with Crippen molar-refractivity contribution >= 4 is 18.3 Å². The summed E-state index contributed by atoms with van der Waals surface area (Å²) in [6, 6.07) is 0.466. The van der Waals surface area contributed by atoms with Crippen LogP contribution in [-0.2, 0) is 4.79 Å². The molecule has 4 heteroatoms. The highest BCUT2D eigenvalue weighted by atomic mass is 35.5. The lowest BCUT2D eigenvalue weighted by Crippen LogP contribution is -2.43. The molecule has 1 N–H and O–H groups in total. The number of hydrogen-bond donors (Lipinski definition) is 1. The van der Waals surface area contributed by atoms with E-state index in [-0.39, 0.29) is 18.3 Å². The van der Waals surface area contributed by atoms with Gasteiger partial charge in [0.25, 0.3) is 0 Å². The van der Waals surface area contributed by atoms with Crippen LogP contribution in [0.25, 0.3) is 0 Å². The van der Waals surface area contributed by atoms with Crippen LogP contribution in [0.15, 0.2) is 0 Å². The molecule has 0 aromatic rings. The van der Waals surface area contributed by atoms with Crippen molar-refractivity contribution in [2.24, 2.45) is 0 Å². The molecule has 0 radical (unpaired) electrons. The average molecular weight is 193 g/mol. The predicted octanol–water partition coefficient (Wildman–Crippen LogP) is 0.639. The molecule has 0 aromatic carbocycles. The van der Waals surface area contributed by atoms with Gasteiger partial charge in [-0.15, -0.1) is 12.4 Å². The first-order chi connectivity index (χ1) is 5.22. The maximum Gasteiger partial charge on any atom is 0.219 e. The van der Waals surface area contributed by atoms with E-state index in [1.807, 2.05) is 11.9 Å². The van der Waals surface area contributed by atoms with Crippen molar-refractivity contribution in [3.8, 4) is 0 Å². The van der Waals surface area contributed by atoms with Gasteiger partial charge in [-0.25, -0.2) is 0 Å². The normalized spacial score (nSPS) is 18.2. The molecule has 3 nitrogen and oxygen atoms in total. The second kappa shape index (κ2) is 5.38. The molecule has 1 saturated heterocycles. The first-order valence-corrected chi connectivity index (χ1v) is 4.16. The Labute approximate surface area is 79.9 Å². The number of piperidine rings is 1. The van der Waals surface area contributed by atoms with E-state index < -0.39 is 0 Å². The van der Waals surface area contributed by atoms with E-state index >= 15 is 0 Å². The maximum atomic E-state index is 10.9. The largest absolute Gasteiger partial charge is 0.343 e. The molecular formula is C8H17ClN2O. The smallest absolute Gasteiger partial charge is 0.219 e. The fraction of sp³-hybridized carbons (Fsp3) is 0.875. The number of halogens is 1. The van der Waals surface area contributed by atoms with Gasteiger partial charge < -0.3 is 10.2 Å². The highest BCUT2D eigenvalue weighted by Gasteiger charge is 2.18. The van der Waals surface area contributed by atoms with Gasteiger partial charge in [0.1, 0.15) is 0 Å². The Kier molecular flexibility index (Phi) is 5.25. The SMILES string of the molecule is CC(=O)N(C)C1CCNCC1.Cl. The van der Waals surface area contributed by atoms with Crippen molar-refractivity contribution in [1.29, 1.82) is 0 Å². The van der Waals surface area contributed by atoms with Gasteiger partial charge in [0.15, 0.2) is 0 Å². The minimum atomic E-state index is 0. The predicted molar refractivity (Wildman–Crippen MR) is 51.6 cm³/mol. The quantitative estimate of drug-likeness (QED) is 0.662. The molecule has 0 atom stereocenters. The fourth-order valence-electron chi connectivity index (χ4n) is 1.45. The van der Waals surface area contributed by atoms with Crippen LogP contribution < -0.4 is 5.32 Å². The first kappa shape index (κ1) is 11.7. The van der Waals surface area contributed by atoms with Crippen molar-refractivity contribution in [2.75, 3.05) is 20.1 Å². The van der Waals surface area contributed by atoms with Crippen molar-refractivity contribution in [3.05, 3.63) is 0 Å². The zero-order chi connectivity index (χ0) is 8.27. The Balaban J connectivity index is 0.00000121. The number of amides is 1. The van der Waals surface area contributed by atoms with Gasteiger partial charge in [0, 0.05) is 20.0 Å². The van der Waals surface area contributed by atoms with Crippen molar-refractivity contribution in [1.82, 2.24) is 10.2 Å². The van der Waals surface area contributed by atoms with Gasteiger partial charge in [-0.1, -0.05) is 0 Å². The van der Waals surface area contributed by atoms with Gasteiger partial charge in [0.05, 0.1) is 0 Å². The standard InChI is InChI=1S/C8H16N2O.ClH/c1-7(11)10(2)8-3-5-9-6-4-8;/h8-9H,3-6H2,1-2H3;1H. The van der Waals surface area contributed by atoms with Gasteiger partial charge in [-0.2, -0.15) is 0 Å². The lowest BCUT2D eigenvalue weighted by atomic mass is 10.1. The summed E-state index contributed by atoms with van der Waals surface area (Å²) in [5, 5.41) is 3.27. The van der Waals surface area contributed by atoms with E-state index in [9.17, 15) is 4.79 Å². The fourth-order valence-corrected chi connectivity index (χ4v) is 1.45. The molecule has 1 heterocycles. The molecule has 12 heavy (non-hydrogen) atoms. The number of hydrogen-bond acceptors (Lipinski definition) is 2. The number of nitrogens with one attached hydrogen (secondary N) is 1.